The fourth-order valence-electron chi connectivity index (χ4n) is 8.11. The maximum absolute atomic E-state index is 12.2. The Hall–Kier alpha value is -0.680. The summed E-state index contributed by atoms with van der Waals surface area (Å²) in [4.78, 5) is 0. The van der Waals surface area contributed by atoms with Crippen LogP contribution in [0.25, 0.3) is 0 Å². The Labute approximate surface area is 194 Å². The molecule has 0 aromatic rings. The molecule has 10 atom stereocenters. The van der Waals surface area contributed by atoms with Crippen LogP contribution in [0, 0.1) is 40.4 Å². The molecule has 3 fully saturated rings. The molecule has 4 nitrogen and oxygen atoms in total. The van der Waals surface area contributed by atoms with Crippen molar-refractivity contribution in [2.24, 2.45) is 40.4 Å². The molecule has 10 unspecified atom stereocenters. The predicted octanol–water partition coefficient (Wildman–Crippen LogP) is 4.61. The van der Waals surface area contributed by atoms with Gasteiger partial charge in [0.05, 0.1) is 11.7 Å². The molecule has 0 saturated heterocycles. The molecule has 4 aliphatic rings. The smallest absolute Gasteiger partial charge is 0.105 e. The van der Waals surface area contributed by atoms with Crippen molar-refractivity contribution in [1.29, 1.82) is 0 Å². The highest BCUT2D eigenvalue weighted by molar-refractivity contribution is 5.40. The van der Waals surface area contributed by atoms with E-state index in [1.807, 2.05) is 6.92 Å². The molecule has 0 bridgehead atoms. The molecular formula is C28H46O4. The molecule has 0 aromatic heterocycles. The van der Waals surface area contributed by atoms with Gasteiger partial charge in [0.15, 0.2) is 0 Å². The lowest BCUT2D eigenvalue weighted by Gasteiger charge is -2.65. The Morgan fingerprint density at radius 3 is 2.28 bits per heavy atom. The van der Waals surface area contributed by atoms with Crippen LogP contribution in [0.15, 0.2) is 23.8 Å². The van der Waals surface area contributed by atoms with Crippen LogP contribution < -0.4 is 0 Å². The van der Waals surface area contributed by atoms with Gasteiger partial charge in [-0.1, -0.05) is 59.8 Å². The molecule has 4 N–H and O–H groups in total. The summed E-state index contributed by atoms with van der Waals surface area (Å²) in [7, 11) is 0. The van der Waals surface area contributed by atoms with Crippen molar-refractivity contribution in [1.82, 2.24) is 0 Å². The monoisotopic (exact) mass is 446 g/mol. The predicted molar refractivity (Wildman–Crippen MR) is 128 cm³/mol. The highest BCUT2D eigenvalue weighted by atomic mass is 16.4. The third kappa shape index (κ3) is 3.23. The van der Waals surface area contributed by atoms with Gasteiger partial charge in [0, 0.05) is 11.8 Å². The zero-order chi connectivity index (χ0) is 23.7. The molecule has 3 saturated carbocycles. The molecule has 0 heterocycles. The van der Waals surface area contributed by atoms with Gasteiger partial charge in [-0.3, -0.25) is 0 Å². The number of hydrogen-bond acceptors (Lipinski definition) is 4. The van der Waals surface area contributed by atoms with Crippen LogP contribution in [0.5, 0.6) is 0 Å². The minimum absolute atomic E-state index is 0.0859. The molecule has 0 aromatic carbocycles. The lowest BCUT2D eigenvalue weighted by atomic mass is 9.43. The zero-order valence-corrected chi connectivity index (χ0v) is 21.0. The first-order valence-corrected chi connectivity index (χ1v) is 13.0. The van der Waals surface area contributed by atoms with Gasteiger partial charge in [-0.25, -0.2) is 0 Å². The fourth-order valence-corrected chi connectivity index (χ4v) is 8.11. The van der Waals surface area contributed by atoms with Gasteiger partial charge in [0.2, 0.25) is 0 Å². The molecule has 0 radical (unpaired) electrons. The summed E-state index contributed by atoms with van der Waals surface area (Å²) in [6, 6.07) is 0. The number of fused-ring (bicyclic) bond motifs is 5. The molecule has 0 aliphatic heterocycles. The molecule has 0 amide bonds. The summed E-state index contributed by atoms with van der Waals surface area (Å²) >= 11 is 0. The van der Waals surface area contributed by atoms with Gasteiger partial charge in [-0.05, 0) is 79.1 Å². The lowest BCUT2D eigenvalue weighted by molar-refractivity contribution is -0.258. The van der Waals surface area contributed by atoms with Crippen LogP contribution in [-0.2, 0) is 0 Å². The third-order valence-electron chi connectivity index (χ3n) is 10.9. The molecule has 182 valence electrons. The van der Waals surface area contributed by atoms with Gasteiger partial charge < -0.3 is 20.4 Å². The second kappa shape index (κ2) is 7.93. The van der Waals surface area contributed by atoms with Gasteiger partial charge in [-0.15, -0.1) is 0 Å². The minimum Gasteiger partial charge on any atom is -0.393 e. The minimum atomic E-state index is -1.49. The molecule has 32 heavy (non-hydrogen) atoms. The van der Waals surface area contributed by atoms with Crippen molar-refractivity contribution in [3.05, 3.63) is 23.8 Å². The van der Waals surface area contributed by atoms with E-state index in [1.165, 1.54) is 0 Å². The van der Waals surface area contributed by atoms with Gasteiger partial charge in [-0.2, -0.15) is 0 Å². The van der Waals surface area contributed by atoms with Gasteiger partial charge in [0.25, 0.3) is 0 Å². The van der Waals surface area contributed by atoms with E-state index in [0.29, 0.717) is 42.9 Å². The fraction of sp³-hybridized carbons (Fsp3) is 0.857. The maximum Gasteiger partial charge on any atom is 0.105 e. The SMILES string of the molecule is CC(C)C(C)/C=C/C(C)C1CCC2C3=CC(O)C4(O)CC(O)CCC4(C)C3(O)CCC21C. The summed E-state index contributed by atoms with van der Waals surface area (Å²) in [5.74, 6) is 2.45. The molecule has 4 heteroatoms. The summed E-state index contributed by atoms with van der Waals surface area (Å²) in [6.07, 6.45) is 9.79. The maximum atomic E-state index is 12.2. The van der Waals surface area contributed by atoms with Crippen LogP contribution >= 0.6 is 0 Å². The van der Waals surface area contributed by atoms with Gasteiger partial charge in [0.1, 0.15) is 11.7 Å². The summed E-state index contributed by atoms with van der Waals surface area (Å²) in [5, 5.41) is 45.2. The van der Waals surface area contributed by atoms with Crippen molar-refractivity contribution < 1.29 is 20.4 Å². The number of aliphatic hydroxyl groups excluding tert-OH is 2. The van der Waals surface area contributed by atoms with E-state index >= 15 is 0 Å². The quantitative estimate of drug-likeness (QED) is 0.475. The summed E-state index contributed by atoms with van der Waals surface area (Å²) in [6.45, 7) is 13.5. The van der Waals surface area contributed by atoms with Crippen molar-refractivity contribution in [3.8, 4) is 0 Å². The third-order valence-corrected chi connectivity index (χ3v) is 10.9. The number of allylic oxidation sites excluding steroid dienone is 2. The first-order valence-electron chi connectivity index (χ1n) is 13.0. The Kier molecular flexibility index (Phi) is 6.06. The molecular weight excluding hydrogens is 400 g/mol. The molecule has 4 aliphatic carbocycles. The average Bonchev–Trinajstić information content (AvgIpc) is 3.07. The standard InChI is InChI=1S/C28H46O4/c1-17(2)18(3)7-8-19(4)21-9-10-22-23-15-24(30)28(32)16-20(29)11-12-26(28,6)27(23,31)14-13-25(21,22)5/h7-8,15,17-22,24,29-32H,9-14,16H2,1-6H3/b8-7+. The molecule has 4 rings (SSSR count). The van der Waals surface area contributed by atoms with E-state index in [-0.39, 0.29) is 17.8 Å². The second-order valence-corrected chi connectivity index (χ2v) is 12.7. The highest BCUT2D eigenvalue weighted by Gasteiger charge is 2.70. The van der Waals surface area contributed by atoms with E-state index in [9.17, 15) is 20.4 Å². The van der Waals surface area contributed by atoms with Crippen molar-refractivity contribution in [2.45, 2.75) is 110 Å². The molecule has 0 spiro atoms. The largest absolute Gasteiger partial charge is 0.393 e. The normalized spacial score (nSPS) is 50.5. The second-order valence-electron chi connectivity index (χ2n) is 12.7. The number of hydrogen-bond donors (Lipinski definition) is 4. The Morgan fingerprint density at radius 1 is 0.938 bits per heavy atom. The highest BCUT2D eigenvalue weighted by Crippen LogP contribution is 2.69. The average molecular weight is 447 g/mol. The van der Waals surface area contributed by atoms with E-state index < -0.39 is 28.8 Å². The van der Waals surface area contributed by atoms with Crippen molar-refractivity contribution >= 4 is 0 Å². The first-order chi connectivity index (χ1) is 14.8. The number of rotatable bonds is 4. The van der Waals surface area contributed by atoms with E-state index in [2.05, 4.69) is 46.8 Å². The van der Waals surface area contributed by atoms with Crippen LogP contribution in [0.1, 0.15) is 86.5 Å². The van der Waals surface area contributed by atoms with Crippen molar-refractivity contribution in [2.75, 3.05) is 0 Å². The van der Waals surface area contributed by atoms with Gasteiger partial charge >= 0.3 is 0 Å². The van der Waals surface area contributed by atoms with Crippen LogP contribution in [0.4, 0.5) is 0 Å². The lowest BCUT2D eigenvalue weighted by Crippen LogP contribution is -2.72. The van der Waals surface area contributed by atoms with Crippen LogP contribution in [0.2, 0.25) is 0 Å². The van der Waals surface area contributed by atoms with E-state index in [4.69, 9.17) is 0 Å². The zero-order valence-electron chi connectivity index (χ0n) is 21.0. The van der Waals surface area contributed by atoms with Crippen molar-refractivity contribution in [3.63, 3.8) is 0 Å². The summed E-state index contributed by atoms with van der Waals surface area (Å²) in [5.41, 5.74) is -2.40. The van der Waals surface area contributed by atoms with E-state index in [1.54, 1.807) is 6.08 Å². The number of aliphatic hydroxyl groups is 4. The topological polar surface area (TPSA) is 80.9 Å². The van der Waals surface area contributed by atoms with Crippen LogP contribution in [0.3, 0.4) is 0 Å². The first kappa shape index (κ1) is 24.4. The summed E-state index contributed by atoms with van der Waals surface area (Å²) < 4.78 is 0. The Morgan fingerprint density at radius 2 is 1.62 bits per heavy atom. The Bertz CT molecular complexity index is 788. The van der Waals surface area contributed by atoms with Crippen LogP contribution in [-0.4, -0.2) is 43.8 Å². The Balaban J connectivity index is 1.67. The van der Waals surface area contributed by atoms with E-state index in [0.717, 1.165) is 24.8 Å².